The fourth-order valence-corrected chi connectivity index (χ4v) is 2.02. The SMILES string of the molecule is CN(Cc1ccnc(Cl)n1)C1CCNC1.Cl. The maximum Gasteiger partial charge on any atom is 0.222 e. The molecular formula is C10H16Cl2N4. The molecule has 1 saturated heterocycles. The minimum atomic E-state index is 0. The Kier molecular flexibility index (Phi) is 5.41. The van der Waals surface area contributed by atoms with E-state index < -0.39 is 0 Å². The van der Waals surface area contributed by atoms with Crippen molar-refractivity contribution in [1.29, 1.82) is 0 Å². The van der Waals surface area contributed by atoms with E-state index in [0.717, 1.165) is 25.3 Å². The third-order valence-electron chi connectivity index (χ3n) is 2.75. The number of nitrogens with one attached hydrogen (secondary N) is 1. The van der Waals surface area contributed by atoms with E-state index in [2.05, 4.69) is 27.2 Å². The number of hydrogen-bond donors (Lipinski definition) is 1. The monoisotopic (exact) mass is 262 g/mol. The van der Waals surface area contributed by atoms with Crippen LogP contribution in [-0.4, -0.2) is 41.0 Å². The van der Waals surface area contributed by atoms with E-state index in [4.69, 9.17) is 11.6 Å². The first kappa shape index (κ1) is 13.6. The van der Waals surface area contributed by atoms with Crippen molar-refractivity contribution < 1.29 is 0 Å². The van der Waals surface area contributed by atoms with Crippen molar-refractivity contribution >= 4 is 24.0 Å². The topological polar surface area (TPSA) is 41.1 Å². The quantitative estimate of drug-likeness (QED) is 0.836. The summed E-state index contributed by atoms with van der Waals surface area (Å²) < 4.78 is 0. The van der Waals surface area contributed by atoms with Gasteiger partial charge in [-0.2, -0.15) is 0 Å². The van der Waals surface area contributed by atoms with Crippen LogP contribution in [0.15, 0.2) is 12.3 Å². The van der Waals surface area contributed by atoms with Crippen molar-refractivity contribution in [2.45, 2.75) is 19.0 Å². The minimum absolute atomic E-state index is 0. The molecule has 1 aliphatic heterocycles. The summed E-state index contributed by atoms with van der Waals surface area (Å²) in [6, 6.07) is 2.52. The number of halogens is 2. The van der Waals surface area contributed by atoms with Gasteiger partial charge in [-0.25, -0.2) is 9.97 Å². The molecule has 0 aliphatic carbocycles. The number of aromatic nitrogens is 2. The van der Waals surface area contributed by atoms with E-state index in [1.807, 2.05) is 6.07 Å². The van der Waals surface area contributed by atoms with Gasteiger partial charge in [-0.05, 0) is 37.7 Å². The van der Waals surface area contributed by atoms with Crippen molar-refractivity contribution in [3.05, 3.63) is 23.2 Å². The van der Waals surface area contributed by atoms with Crippen LogP contribution < -0.4 is 5.32 Å². The lowest BCUT2D eigenvalue weighted by atomic mass is 10.2. The molecule has 0 amide bonds. The lowest BCUT2D eigenvalue weighted by Gasteiger charge is -2.22. The summed E-state index contributed by atoms with van der Waals surface area (Å²) in [7, 11) is 2.12. The highest BCUT2D eigenvalue weighted by molar-refractivity contribution is 6.28. The molecule has 2 heterocycles. The number of rotatable bonds is 3. The number of nitrogens with zero attached hydrogens (tertiary/aromatic N) is 3. The Morgan fingerprint density at radius 1 is 1.62 bits per heavy atom. The fraction of sp³-hybridized carbons (Fsp3) is 0.600. The highest BCUT2D eigenvalue weighted by Crippen LogP contribution is 2.10. The summed E-state index contributed by atoms with van der Waals surface area (Å²) >= 11 is 5.73. The maximum atomic E-state index is 5.73. The number of likely N-dealkylation sites (N-methyl/N-ethyl adjacent to an activating group) is 1. The molecule has 16 heavy (non-hydrogen) atoms. The van der Waals surface area contributed by atoms with E-state index in [-0.39, 0.29) is 12.4 Å². The molecule has 0 radical (unpaired) electrons. The molecule has 1 N–H and O–H groups in total. The molecule has 90 valence electrons. The second-order valence-electron chi connectivity index (χ2n) is 3.88. The molecule has 1 atom stereocenters. The first-order valence-corrected chi connectivity index (χ1v) is 5.52. The van der Waals surface area contributed by atoms with Gasteiger partial charge in [0.05, 0.1) is 5.69 Å². The van der Waals surface area contributed by atoms with Gasteiger partial charge in [-0.3, -0.25) is 4.90 Å². The van der Waals surface area contributed by atoms with Gasteiger partial charge in [0.1, 0.15) is 0 Å². The Morgan fingerprint density at radius 3 is 3.06 bits per heavy atom. The van der Waals surface area contributed by atoms with Crippen LogP contribution in [0.25, 0.3) is 0 Å². The Hall–Kier alpha value is -0.420. The average molecular weight is 263 g/mol. The molecule has 0 spiro atoms. The second-order valence-corrected chi connectivity index (χ2v) is 4.22. The van der Waals surface area contributed by atoms with E-state index >= 15 is 0 Å². The third-order valence-corrected chi connectivity index (χ3v) is 2.94. The van der Waals surface area contributed by atoms with Gasteiger partial charge in [0.2, 0.25) is 5.28 Å². The highest BCUT2D eigenvalue weighted by Gasteiger charge is 2.19. The normalized spacial score (nSPS) is 19.8. The Balaban J connectivity index is 0.00000128. The molecule has 1 fully saturated rings. The lowest BCUT2D eigenvalue weighted by molar-refractivity contribution is 0.246. The van der Waals surface area contributed by atoms with Crippen LogP contribution in [0.2, 0.25) is 5.28 Å². The van der Waals surface area contributed by atoms with E-state index in [1.54, 1.807) is 6.20 Å². The predicted molar refractivity (Wildman–Crippen MR) is 67.0 cm³/mol. The largest absolute Gasteiger partial charge is 0.315 e. The van der Waals surface area contributed by atoms with Gasteiger partial charge in [-0.1, -0.05) is 0 Å². The predicted octanol–water partition coefficient (Wildman–Crippen LogP) is 1.35. The molecule has 1 aromatic heterocycles. The van der Waals surface area contributed by atoms with Crippen LogP contribution in [0.3, 0.4) is 0 Å². The first-order valence-electron chi connectivity index (χ1n) is 5.14. The van der Waals surface area contributed by atoms with Crippen LogP contribution in [0.1, 0.15) is 12.1 Å². The molecule has 0 bridgehead atoms. The van der Waals surface area contributed by atoms with Crippen LogP contribution >= 0.6 is 24.0 Å². The lowest BCUT2D eigenvalue weighted by Crippen LogP contribution is -2.33. The molecule has 6 heteroatoms. The van der Waals surface area contributed by atoms with E-state index in [0.29, 0.717) is 11.3 Å². The Labute approximate surface area is 107 Å². The molecule has 1 aliphatic rings. The molecule has 1 aromatic rings. The zero-order chi connectivity index (χ0) is 10.7. The van der Waals surface area contributed by atoms with Crippen LogP contribution in [0.4, 0.5) is 0 Å². The standard InChI is InChI=1S/C10H15ClN4.ClH/c1-15(9-3-4-12-6-9)7-8-2-5-13-10(11)14-8;/h2,5,9,12H,3-4,6-7H2,1H3;1H. The zero-order valence-corrected chi connectivity index (χ0v) is 10.8. The van der Waals surface area contributed by atoms with E-state index in [1.165, 1.54) is 6.42 Å². The highest BCUT2D eigenvalue weighted by atomic mass is 35.5. The van der Waals surface area contributed by atoms with Crippen molar-refractivity contribution in [2.24, 2.45) is 0 Å². The molecule has 0 aromatic carbocycles. The van der Waals surface area contributed by atoms with Gasteiger partial charge in [0.15, 0.2) is 0 Å². The minimum Gasteiger partial charge on any atom is -0.315 e. The smallest absolute Gasteiger partial charge is 0.222 e. The Bertz CT molecular complexity index is 328. The zero-order valence-electron chi connectivity index (χ0n) is 9.19. The summed E-state index contributed by atoms with van der Waals surface area (Å²) in [6.45, 7) is 3.00. The van der Waals surface area contributed by atoms with Gasteiger partial charge in [-0.15, -0.1) is 12.4 Å². The van der Waals surface area contributed by atoms with Gasteiger partial charge >= 0.3 is 0 Å². The average Bonchev–Trinajstić information content (AvgIpc) is 2.70. The van der Waals surface area contributed by atoms with Gasteiger partial charge in [0.25, 0.3) is 0 Å². The molecule has 2 rings (SSSR count). The maximum absolute atomic E-state index is 5.73. The number of hydrogen-bond acceptors (Lipinski definition) is 4. The van der Waals surface area contributed by atoms with Crippen molar-refractivity contribution in [3.63, 3.8) is 0 Å². The molecule has 0 saturated carbocycles. The van der Waals surface area contributed by atoms with Crippen LogP contribution in [0.5, 0.6) is 0 Å². The molecule has 4 nitrogen and oxygen atoms in total. The van der Waals surface area contributed by atoms with Crippen LogP contribution in [0, 0.1) is 0 Å². The molecule has 1 unspecified atom stereocenters. The van der Waals surface area contributed by atoms with Crippen molar-refractivity contribution in [3.8, 4) is 0 Å². The van der Waals surface area contributed by atoms with E-state index in [9.17, 15) is 0 Å². The summed E-state index contributed by atoms with van der Waals surface area (Å²) in [5.41, 5.74) is 0.976. The summed E-state index contributed by atoms with van der Waals surface area (Å²) in [4.78, 5) is 10.3. The first-order chi connectivity index (χ1) is 7.25. The van der Waals surface area contributed by atoms with Gasteiger partial charge in [0, 0.05) is 25.3 Å². The summed E-state index contributed by atoms with van der Waals surface area (Å²) in [5, 5.41) is 3.67. The second kappa shape index (κ2) is 6.35. The van der Waals surface area contributed by atoms with Crippen molar-refractivity contribution in [1.82, 2.24) is 20.2 Å². The van der Waals surface area contributed by atoms with Crippen molar-refractivity contribution in [2.75, 3.05) is 20.1 Å². The summed E-state index contributed by atoms with van der Waals surface area (Å²) in [5.74, 6) is 0. The van der Waals surface area contributed by atoms with Crippen LogP contribution in [-0.2, 0) is 6.54 Å². The fourth-order valence-electron chi connectivity index (χ4n) is 1.86. The summed E-state index contributed by atoms with van der Waals surface area (Å²) in [6.07, 6.45) is 2.90. The molecular weight excluding hydrogens is 247 g/mol. The van der Waals surface area contributed by atoms with Gasteiger partial charge < -0.3 is 5.32 Å². The Morgan fingerprint density at radius 2 is 2.44 bits per heavy atom. The third kappa shape index (κ3) is 3.56.